The van der Waals surface area contributed by atoms with Gasteiger partial charge < -0.3 is 9.84 Å². The molecule has 0 aliphatic rings. The van der Waals surface area contributed by atoms with Crippen LogP contribution >= 0.6 is 11.6 Å². The van der Waals surface area contributed by atoms with Gasteiger partial charge in [-0.3, -0.25) is 4.79 Å². The van der Waals surface area contributed by atoms with E-state index in [-0.39, 0.29) is 12.5 Å². The van der Waals surface area contributed by atoms with E-state index in [1.165, 1.54) is 0 Å². The number of nitrogens with zero attached hydrogens (tertiary/aromatic N) is 2. The molecule has 1 heterocycles. The van der Waals surface area contributed by atoms with Gasteiger partial charge in [0.15, 0.2) is 5.82 Å². The summed E-state index contributed by atoms with van der Waals surface area (Å²) in [5, 5.41) is 5.56. The summed E-state index contributed by atoms with van der Waals surface area (Å²) in [6.07, 6.45) is 0. The number of halogens is 1. The van der Waals surface area contributed by atoms with Crippen molar-refractivity contribution in [3.8, 4) is 0 Å². The summed E-state index contributed by atoms with van der Waals surface area (Å²) in [6.45, 7) is 3.52. The highest BCUT2D eigenvalue weighted by Gasteiger charge is 2.10. The zero-order valence-corrected chi connectivity index (χ0v) is 8.13. The maximum absolute atomic E-state index is 11.0. The minimum atomic E-state index is -0.552. The summed E-state index contributed by atoms with van der Waals surface area (Å²) in [6, 6.07) is 0. The Hall–Kier alpha value is -1.10. The summed E-state index contributed by atoms with van der Waals surface area (Å²) in [5.41, 5.74) is 0. The van der Waals surface area contributed by atoms with E-state index in [0.717, 1.165) is 0 Å². The van der Waals surface area contributed by atoms with Crippen LogP contribution in [0.25, 0.3) is 0 Å². The zero-order chi connectivity index (χ0) is 9.84. The third-order valence-electron chi connectivity index (χ3n) is 1.34. The SMILES string of the molecule is Cc1noc(CNC(=O)C(C)Cl)n1. The van der Waals surface area contributed by atoms with Crippen molar-refractivity contribution in [1.29, 1.82) is 0 Å². The van der Waals surface area contributed by atoms with Crippen LogP contribution in [0.5, 0.6) is 0 Å². The van der Waals surface area contributed by atoms with E-state index >= 15 is 0 Å². The number of aromatic nitrogens is 2. The summed E-state index contributed by atoms with van der Waals surface area (Å²) in [4.78, 5) is 14.9. The average Bonchev–Trinajstić information content (AvgIpc) is 2.47. The van der Waals surface area contributed by atoms with Gasteiger partial charge in [-0.05, 0) is 13.8 Å². The van der Waals surface area contributed by atoms with Crippen LogP contribution in [0.15, 0.2) is 4.52 Å². The van der Waals surface area contributed by atoms with Crippen LogP contribution in [0, 0.1) is 6.92 Å². The number of rotatable bonds is 3. The molecular formula is C7H10ClN3O2. The number of alkyl halides is 1. The van der Waals surface area contributed by atoms with Crippen molar-refractivity contribution in [1.82, 2.24) is 15.5 Å². The lowest BCUT2D eigenvalue weighted by atomic mass is 10.4. The maximum Gasteiger partial charge on any atom is 0.246 e. The molecule has 0 aliphatic carbocycles. The molecule has 0 fully saturated rings. The molecule has 13 heavy (non-hydrogen) atoms. The van der Waals surface area contributed by atoms with Crippen LogP contribution in [0.4, 0.5) is 0 Å². The third kappa shape index (κ3) is 3.02. The van der Waals surface area contributed by atoms with Crippen molar-refractivity contribution in [3.63, 3.8) is 0 Å². The second-order valence-corrected chi connectivity index (χ2v) is 3.22. The molecule has 5 nitrogen and oxygen atoms in total. The van der Waals surface area contributed by atoms with E-state index in [9.17, 15) is 4.79 Å². The number of amides is 1. The molecule has 0 saturated heterocycles. The molecule has 1 aromatic heterocycles. The van der Waals surface area contributed by atoms with Gasteiger partial charge in [0.1, 0.15) is 5.38 Å². The highest BCUT2D eigenvalue weighted by Crippen LogP contribution is 1.97. The fraction of sp³-hybridized carbons (Fsp3) is 0.571. The Balaban J connectivity index is 2.39. The Kier molecular flexibility index (Phi) is 3.25. The normalized spacial score (nSPS) is 12.5. The molecule has 6 heteroatoms. The monoisotopic (exact) mass is 203 g/mol. The first kappa shape index (κ1) is 9.98. The first-order valence-corrected chi connectivity index (χ1v) is 4.24. The minimum absolute atomic E-state index is 0.219. The van der Waals surface area contributed by atoms with Crippen LogP contribution in [-0.4, -0.2) is 21.4 Å². The highest BCUT2D eigenvalue weighted by atomic mass is 35.5. The van der Waals surface area contributed by atoms with E-state index < -0.39 is 5.38 Å². The van der Waals surface area contributed by atoms with Gasteiger partial charge in [-0.15, -0.1) is 11.6 Å². The second kappa shape index (κ2) is 4.23. The van der Waals surface area contributed by atoms with E-state index in [2.05, 4.69) is 15.5 Å². The topological polar surface area (TPSA) is 68.0 Å². The number of nitrogens with one attached hydrogen (secondary N) is 1. The van der Waals surface area contributed by atoms with Crippen molar-refractivity contribution >= 4 is 17.5 Å². The van der Waals surface area contributed by atoms with Crippen LogP contribution < -0.4 is 5.32 Å². The molecule has 1 aromatic rings. The first-order chi connectivity index (χ1) is 6.09. The Morgan fingerprint density at radius 2 is 2.46 bits per heavy atom. The van der Waals surface area contributed by atoms with E-state index in [4.69, 9.17) is 16.1 Å². The quantitative estimate of drug-likeness (QED) is 0.732. The van der Waals surface area contributed by atoms with E-state index in [1.807, 2.05) is 0 Å². The second-order valence-electron chi connectivity index (χ2n) is 2.57. The predicted octanol–water partition coefficient (Wildman–Crippen LogP) is 0.622. The van der Waals surface area contributed by atoms with Gasteiger partial charge in [0.05, 0.1) is 6.54 Å². The number of carbonyl (C=O) groups excluding carboxylic acids is 1. The lowest BCUT2D eigenvalue weighted by Gasteiger charge is -2.02. The Morgan fingerprint density at radius 1 is 1.77 bits per heavy atom. The Bertz CT molecular complexity index is 298. The molecule has 1 amide bonds. The lowest BCUT2D eigenvalue weighted by Crippen LogP contribution is -2.29. The Morgan fingerprint density at radius 3 is 2.92 bits per heavy atom. The molecule has 1 rings (SSSR count). The van der Waals surface area contributed by atoms with Crippen LogP contribution in [0.3, 0.4) is 0 Å². The number of hydrogen-bond acceptors (Lipinski definition) is 4. The average molecular weight is 204 g/mol. The molecule has 0 spiro atoms. The van der Waals surface area contributed by atoms with Gasteiger partial charge in [0.2, 0.25) is 11.8 Å². The van der Waals surface area contributed by atoms with Gasteiger partial charge in [-0.2, -0.15) is 4.98 Å². The molecule has 0 bridgehead atoms. The van der Waals surface area contributed by atoms with Crippen LogP contribution in [0.1, 0.15) is 18.6 Å². The molecule has 1 atom stereocenters. The van der Waals surface area contributed by atoms with Crippen LogP contribution in [0.2, 0.25) is 0 Å². The van der Waals surface area contributed by atoms with Gasteiger partial charge in [0, 0.05) is 0 Å². The highest BCUT2D eigenvalue weighted by molar-refractivity contribution is 6.30. The lowest BCUT2D eigenvalue weighted by molar-refractivity contribution is -0.120. The van der Waals surface area contributed by atoms with Crippen molar-refractivity contribution in [2.24, 2.45) is 0 Å². The van der Waals surface area contributed by atoms with Crippen molar-refractivity contribution in [3.05, 3.63) is 11.7 Å². The molecule has 0 radical (unpaired) electrons. The van der Waals surface area contributed by atoms with Crippen LogP contribution in [-0.2, 0) is 11.3 Å². The molecule has 0 aromatic carbocycles. The standard InChI is InChI=1S/C7H10ClN3O2/c1-4(8)7(12)9-3-6-10-5(2)11-13-6/h4H,3H2,1-2H3,(H,9,12). The Labute approximate surface area is 80.5 Å². The summed E-state index contributed by atoms with van der Waals surface area (Å²) >= 11 is 5.52. The maximum atomic E-state index is 11.0. The number of hydrogen-bond donors (Lipinski definition) is 1. The molecule has 0 aliphatic heterocycles. The largest absolute Gasteiger partial charge is 0.346 e. The molecule has 72 valence electrons. The number of aryl methyl sites for hydroxylation is 1. The molecule has 0 saturated carbocycles. The fourth-order valence-electron chi connectivity index (χ4n) is 0.715. The predicted molar refractivity (Wildman–Crippen MR) is 46.2 cm³/mol. The fourth-order valence-corrected chi connectivity index (χ4v) is 0.792. The molecule has 1 unspecified atom stereocenters. The van der Waals surface area contributed by atoms with Gasteiger partial charge in [-0.25, -0.2) is 0 Å². The van der Waals surface area contributed by atoms with Gasteiger partial charge in [0.25, 0.3) is 0 Å². The molecular weight excluding hydrogens is 194 g/mol. The van der Waals surface area contributed by atoms with Crippen molar-refractivity contribution < 1.29 is 9.32 Å². The minimum Gasteiger partial charge on any atom is -0.346 e. The molecule has 1 N–H and O–H groups in total. The van der Waals surface area contributed by atoms with E-state index in [0.29, 0.717) is 11.7 Å². The summed E-state index contributed by atoms with van der Waals surface area (Å²) < 4.78 is 4.78. The number of carbonyl (C=O) groups is 1. The van der Waals surface area contributed by atoms with Crippen molar-refractivity contribution in [2.45, 2.75) is 25.8 Å². The first-order valence-electron chi connectivity index (χ1n) is 3.80. The summed E-state index contributed by atoms with van der Waals surface area (Å²) in [7, 11) is 0. The van der Waals surface area contributed by atoms with Gasteiger partial charge >= 0.3 is 0 Å². The smallest absolute Gasteiger partial charge is 0.246 e. The zero-order valence-electron chi connectivity index (χ0n) is 7.37. The van der Waals surface area contributed by atoms with Crippen molar-refractivity contribution in [2.75, 3.05) is 0 Å². The third-order valence-corrected chi connectivity index (χ3v) is 1.54. The van der Waals surface area contributed by atoms with Gasteiger partial charge in [-0.1, -0.05) is 5.16 Å². The van der Waals surface area contributed by atoms with E-state index in [1.54, 1.807) is 13.8 Å². The summed E-state index contributed by atoms with van der Waals surface area (Å²) in [5.74, 6) is 0.670.